The summed E-state index contributed by atoms with van der Waals surface area (Å²) < 4.78 is 6.55. The third-order valence-corrected chi connectivity index (χ3v) is 3.95. The Bertz CT molecular complexity index is 932. The molecule has 2 N–H and O–H groups in total. The van der Waals surface area contributed by atoms with E-state index in [1.165, 1.54) is 4.68 Å². The number of H-pyrrole nitrogens is 1. The van der Waals surface area contributed by atoms with Crippen LogP contribution < -0.4 is 4.74 Å². The number of rotatable bonds is 4. The number of aromatic amines is 1. The number of azo groups is 1. The molecule has 8 heteroatoms. The van der Waals surface area contributed by atoms with E-state index in [-0.39, 0.29) is 11.3 Å². The van der Waals surface area contributed by atoms with Crippen LogP contribution in [0, 0.1) is 6.92 Å². The van der Waals surface area contributed by atoms with Crippen molar-refractivity contribution in [1.29, 1.82) is 0 Å². The molecule has 2 heterocycles. The van der Waals surface area contributed by atoms with Crippen LogP contribution in [-0.2, 0) is 5.41 Å². The highest BCUT2D eigenvalue weighted by Gasteiger charge is 2.18. The number of hydrogen-bond donors (Lipinski definition) is 2. The molecule has 0 aliphatic heterocycles. The minimum atomic E-state index is -0.0806. The predicted molar refractivity (Wildman–Crippen MR) is 98.0 cm³/mol. The normalized spacial score (nSPS) is 12.0. The lowest BCUT2D eigenvalue weighted by molar-refractivity contribution is 0.414. The maximum atomic E-state index is 10.5. The van der Waals surface area contributed by atoms with Crippen molar-refractivity contribution in [3.63, 3.8) is 0 Å². The largest absolute Gasteiger partial charge is 0.497 e. The summed E-state index contributed by atoms with van der Waals surface area (Å²) in [4.78, 5) is 0. The highest BCUT2D eigenvalue weighted by atomic mass is 16.5. The summed E-state index contributed by atoms with van der Waals surface area (Å²) in [6.45, 7) is 8.00. The van der Waals surface area contributed by atoms with Crippen LogP contribution in [0.25, 0.3) is 5.69 Å². The maximum Gasteiger partial charge on any atom is 0.243 e. The fourth-order valence-electron chi connectivity index (χ4n) is 2.38. The van der Waals surface area contributed by atoms with Gasteiger partial charge in [-0.3, -0.25) is 5.10 Å². The first-order valence-corrected chi connectivity index (χ1v) is 8.20. The molecule has 0 bridgehead atoms. The first-order valence-electron chi connectivity index (χ1n) is 8.20. The summed E-state index contributed by atoms with van der Waals surface area (Å²) in [5.74, 6) is 1.10. The Balaban J connectivity index is 1.89. The molecule has 3 aromatic rings. The average molecular weight is 354 g/mol. The Morgan fingerprint density at radius 3 is 2.42 bits per heavy atom. The van der Waals surface area contributed by atoms with Crippen LogP contribution in [0.2, 0.25) is 0 Å². The molecule has 0 spiro atoms. The number of nitrogens with zero attached hydrogens (tertiary/aromatic N) is 5. The maximum absolute atomic E-state index is 10.5. The lowest BCUT2D eigenvalue weighted by atomic mass is 9.92. The predicted octanol–water partition coefficient (Wildman–Crippen LogP) is 4.33. The molecule has 2 aromatic heterocycles. The minimum Gasteiger partial charge on any atom is -0.497 e. The highest BCUT2D eigenvalue weighted by molar-refractivity contribution is 5.54. The lowest BCUT2D eigenvalue weighted by Gasteiger charge is -2.14. The summed E-state index contributed by atoms with van der Waals surface area (Å²) in [5, 5.41) is 30.2. The van der Waals surface area contributed by atoms with Crippen LogP contribution in [0.5, 0.6) is 11.6 Å². The van der Waals surface area contributed by atoms with E-state index in [1.807, 2.05) is 6.07 Å². The summed E-state index contributed by atoms with van der Waals surface area (Å²) >= 11 is 0. The van der Waals surface area contributed by atoms with E-state index < -0.39 is 0 Å². The first-order chi connectivity index (χ1) is 12.3. The van der Waals surface area contributed by atoms with Crippen LogP contribution in [0.4, 0.5) is 11.5 Å². The van der Waals surface area contributed by atoms with Gasteiger partial charge < -0.3 is 9.84 Å². The zero-order chi connectivity index (χ0) is 18.9. The monoisotopic (exact) mass is 354 g/mol. The molecule has 0 aliphatic rings. The molecule has 26 heavy (non-hydrogen) atoms. The molecule has 0 aliphatic carbocycles. The molecule has 0 fully saturated rings. The van der Waals surface area contributed by atoms with E-state index in [1.54, 1.807) is 38.3 Å². The Morgan fingerprint density at radius 2 is 1.85 bits per heavy atom. The molecule has 0 radical (unpaired) electrons. The van der Waals surface area contributed by atoms with Crippen molar-refractivity contribution in [1.82, 2.24) is 20.0 Å². The van der Waals surface area contributed by atoms with Crippen molar-refractivity contribution in [3.05, 3.63) is 41.7 Å². The molecule has 1 aromatic carbocycles. The lowest BCUT2D eigenvalue weighted by Crippen LogP contribution is -2.11. The van der Waals surface area contributed by atoms with E-state index >= 15 is 0 Å². The summed E-state index contributed by atoms with van der Waals surface area (Å²) in [7, 11) is 1.60. The summed E-state index contributed by atoms with van der Waals surface area (Å²) in [6.07, 6.45) is 0. The van der Waals surface area contributed by atoms with E-state index in [0.717, 1.165) is 11.4 Å². The molecule has 8 nitrogen and oxygen atoms in total. The third-order valence-electron chi connectivity index (χ3n) is 3.95. The number of aryl methyl sites for hydroxylation is 1. The number of hydrogen-bond acceptors (Lipinski definition) is 6. The molecular weight excluding hydrogens is 332 g/mol. The van der Waals surface area contributed by atoms with Gasteiger partial charge in [0.15, 0.2) is 11.5 Å². The first kappa shape index (κ1) is 17.7. The van der Waals surface area contributed by atoms with Gasteiger partial charge in [-0.05, 0) is 31.2 Å². The molecule has 0 unspecified atom stereocenters. The molecule has 0 amide bonds. The van der Waals surface area contributed by atoms with E-state index in [4.69, 9.17) is 4.74 Å². The van der Waals surface area contributed by atoms with Crippen molar-refractivity contribution in [2.24, 2.45) is 10.2 Å². The molecular formula is C18H22N6O2. The van der Waals surface area contributed by atoms with Gasteiger partial charge in [0.1, 0.15) is 5.75 Å². The molecule has 0 saturated heterocycles. The second kappa shape index (κ2) is 6.62. The summed E-state index contributed by atoms with van der Waals surface area (Å²) in [6, 6.07) is 9.03. The third kappa shape index (κ3) is 3.44. The highest BCUT2D eigenvalue weighted by Crippen LogP contribution is 2.34. The van der Waals surface area contributed by atoms with E-state index in [9.17, 15) is 5.11 Å². The fraction of sp³-hybridized carbons (Fsp3) is 0.333. The standard InChI is InChI=1S/C18H22N6O2/c1-11-16(22-21-15-10-14(19-20-15)18(2,3)4)17(25)24(23-11)12-6-8-13(26-5)9-7-12/h6-10,25H,1-5H3,(H,19,20). The van der Waals surface area contributed by atoms with Gasteiger partial charge in [0.05, 0.1) is 18.5 Å². The van der Waals surface area contributed by atoms with Gasteiger partial charge in [0.25, 0.3) is 0 Å². The molecule has 0 atom stereocenters. The minimum absolute atomic E-state index is 0.0575. The van der Waals surface area contributed by atoms with E-state index in [2.05, 4.69) is 46.3 Å². The molecule has 0 saturated carbocycles. The van der Waals surface area contributed by atoms with Gasteiger partial charge in [0, 0.05) is 17.2 Å². The zero-order valence-electron chi connectivity index (χ0n) is 15.5. The van der Waals surface area contributed by atoms with Gasteiger partial charge in [-0.2, -0.15) is 14.9 Å². The number of benzene rings is 1. The zero-order valence-corrected chi connectivity index (χ0v) is 15.5. The van der Waals surface area contributed by atoms with Crippen LogP contribution in [-0.4, -0.2) is 32.2 Å². The topological polar surface area (TPSA) is 101 Å². The van der Waals surface area contributed by atoms with Crippen molar-refractivity contribution in [2.75, 3.05) is 7.11 Å². The molecule has 136 valence electrons. The van der Waals surface area contributed by atoms with Gasteiger partial charge >= 0.3 is 0 Å². The van der Waals surface area contributed by atoms with Crippen LogP contribution in [0.1, 0.15) is 32.2 Å². The van der Waals surface area contributed by atoms with Crippen molar-refractivity contribution in [2.45, 2.75) is 33.1 Å². The smallest absolute Gasteiger partial charge is 0.243 e. The second-order valence-corrected chi connectivity index (χ2v) is 6.96. The Kier molecular flexibility index (Phi) is 4.50. The Morgan fingerprint density at radius 1 is 1.15 bits per heavy atom. The Labute approximate surface area is 151 Å². The van der Waals surface area contributed by atoms with Crippen molar-refractivity contribution < 1.29 is 9.84 Å². The van der Waals surface area contributed by atoms with E-state index in [0.29, 0.717) is 22.9 Å². The van der Waals surface area contributed by atoms with Gasteiger partial charge in [-0.1, -0.05) is 20.8 Å². The Hall–Kier alpha value is -3.16. The number of nitrogens with one attached hydrogen (secondary N) is 1. The van der Waals surface area contributed by atoms with Crippen molar-refractivity contribution in [3.8, 4) is 17.3 Å². The SMILES string of the molecule is COc1ccc(-n2nc(C)c(N=Nc3cc(C(C)(C)C)[nH]n3)c2O)cc1. The number of methoxy groups -OCH3 is 1. The van der Waals surface area contributed by atoms with Gasteiger partial charge in [0.2, 0.25) is 5.88 Å². The quantitative estimate of drug-likeness (QED) is 0.681. The van der Waals surface area contributed by atoms with Gasteiger partial charge in [-0.15, -0.1) is 10.2 Å². The van der Waals surface area contributed by atoms with Crippen LogP contribution >= 0.6 is 0 Å². The molecule has 3 rings (SSSR count). The summed E-state index contributed by atoms with van der Waals surface area (Å²) in [5.41, 5.74) is 2.47. The van der Waals surface area contributed by atoms with Crippen molar-refractivity contribution >= 4 is 11.5 Å². The second-order valence-electron chi connectivity index (χ2n) is 6.96. The number of ether oxygens (including phenoxy) is 1. The number of aromatic nitrogens is 4. The van der Waals surface area contributed by atoms with Crippen LogP contribution in [0.15, 0.2) is 40.6 Å². The van der Waals surface area contributed by atoms with Crippen LogP contribution in [0.3, 0.4) is 0 Å². The average Bonchev–Trinajstić information content (AvgIpc) is 3.18. The number of aromatic hydroxyl groups is 1. The van der Waals surface area contributed by atoms with Gasteiger partial charge in [-0.25, -0.2) is 0 Å². The fourth-order valence-corrected chi connectivity index (χ4v) is 2.38.